The first-order chi connectivity index (χ1) is 11.9. The molecule has 1 aliphatic heterocycles. The fourth-order valence-corrected chi connectivity index (χ4v) is 3.24. The van der Waals surface area contributed by atoms with E-state index in [1.165, 1.54) is 6.07 Å². The standard InChI is InChI=1S/C18H21F3N4/c1-11-8-16(22-13-4-3-7-25(2)10-13)23-24-17(11)14-6-5-12(19)9-15(14)18(20)21/h5-6,8-9,13,18H,3-4,7,10H2,1-2H3,(H,22,23)/t13-/m1/s1. The molecule has 1 aromatic carbocycles. The summed E-state index contributed by atoms with van der Waals surface area (Å²) in [4.78, 5) is 2.25. The van der Waals surface area contributed by atoms with E-state index in [0.29, 0.717) is 17.6 Å². The summed E-state index contributed by atoms with van der Waals surface area (Å²) in [6.45, 7) is 3.81. The van der Waals surface area contributed by atoms with Crippen molar-refractivity contribution in [2.24, 2.45) is 0 Å². The third-order valence-electron chi connectivity index (χ3n) is 4.46. The van der Waals surface area contributed by atoms with Crippen LogP contribution in [0.25, 0.3) is 11.3 Å². The number of likely N-dealkylation sites (N-methyl/N-ethyl adjacent to an activating group) is 1. The molecule has 1 aromatic heterocycles. The van der Waals surface area contributed by atoms with E-state index in [2.05, 4.69) is 27.5 Å². The lowest BCUT2D eigenvalue weighted by Gasteiger charge is -2.30. The van der Waals surface area contributed by atoms with E-state index in [-0.39, 0.29) is 11.1 Å². The molecule has 1 N–H and O–H groups in total. The zero-order chi connectivity index (χ0) is 18.0. The lowest BCUT2D eigenvalue weighted by atomic mass is 10.0. The number of rotatable bonds is 4. The van der Waals surface area contributed by atoms with Gasteiger partial charge in [-0.3, -0.25) is 0 Å². The Morgan fingerprint density at radius 3 is 2.72 bits per heavy atom. The van der Waals surface area contributed by atoms with E-state index in [1.807, 2.05) is 0 Å². The Labute approximate surface area is 145 Å². The maximum atomic E-state index is 13.3. The highest BCUT2D eigenvalue weighted by Crippen LogP contribution is 2.32. The number of aromatic nitrogens is 2. The lowest BCUT2D eigenvalue weighted by Crippen LogP contribution is -2.39. The van der Waals surface area contributed by atoms with Crippen LogP contribution in [0, 0.1) is 12.7 Å². The van der Waals surface area contributed by atoms with E-state index >= 15 is 0 Å². The van der Waals surface area contributed by atoms with Crippen LogP contribution in [0.2, 0.25) is 0 Å². The van der Waals surface area contributed by atoms with E-state index in [1.54, 1.807) is 13.0 Å². The molecule has 25 heavy (non-hydrogen) atoms. The van der Waals surface area contributed by atoms with Crippen molar-refractivity contribution in [2.75, 3.05) is 25.5 Å². The molecule has 0 spiro atoms. The molecule has 0 aliphatic carbocycles. The molecular formula is C18H21F3N4. The quantitative estimate of drug-likeness (QED) is 0.904. The second-order valence-corrected chi connectivity index (χ2v) is 6.54. The number of hydrogen-bond donors (Lipinski definition) is 1. The van der Waals surface area contributed by atoms with Crippen molar-refractivity contribution in [3.63, 3.8) is 0 Å². The number of piperidine rings is 1. The van der Waals surface area contributed by atoms with Gasteiger partial charge in [0.05, 0.1) is 5.69 Å². The minimum Gasteiger partial charge on any atom is -0.365 e. The minimum atomic E-state index is -2.78. The molecule has 7 heteroatoms. The first kappa shape index (κ1) is 17.7. The van der Waals surface area contributed by atoms with Gasteiger partial charge in [-0.2, -0.15) is 0 Å². The zero-order valence-electron chi connectivity index (χ0n) is 14.3. The number of nitrogens with one attached hydrogen (secondary N) is 1. The Morgan fingerprint density at radius 2 is 2.04 bits per heavy atom. The first-order valence-electron chi connectivity index (χ1n) is 8.31. The predicted octanol–water partition coefficient (Wildman–Crippen LogP) is 4.03. The Kier molecular flexibility index (Phi) is 5.22. The van der Waals surface area contributed by atoms with Crippen LogP contribution < -0.4 is 5.32 Å². The van der Waals surface area contributed by atoms with Crippen LogP contribution in [-0.4, -0.2) is 41.3 Å². The number of aryl methyl sites for hydroxylation is 1. The Bertz CT molecular complexity index is 751. The van der Waals surface area contributed by atoms with Crippen molar-refractivity contribution in [3.05, 3.63) is 41.2 Å². The molecule has 2 heterocycles. The summed E-state index contributed by atoms with van der Waals surface area (Å²) in [7, 11) is 2.08. The van der Waals surface area contributed by atoms with Crippen LogP contribution in [0.1, 0.15) is 30.4 Å². The number of likely N-dealkylation sites (tertiary alicyclic amines) is 1. The van der Waals surface area contributed by atoms with Crippen LogP contribution in [0.5, 0.6) is 0 Å². The zero-order valence-corrected chi connectivity index (χ0v) is 14.3. The summed E-state index contributed by atoms with van der Waals surface area (Å²) in [5.41, 5.74) is 0.911. The van der Waals surface area contributed by atoms with Crippen LogP contribution in [0.4, 0.5) is 19.0 Å². The first-order valence-corrected chi connectivity index (χ1v) is 8.31. The molecule has 1 aliphatic rings. The highest BCUT2D eigenvalue weighted by molar-refractivity contribution is 5.67. The van der Waals surface area contributed by atoms with Crippen molar-refractivity contribution in [1.29, 1.82) is 0 Å². The fourth-order valence-electron chi connectivity index (χ4n) is 3.24. The number of benzene rings is 1. The second-order valence-electron chi connectivity index (χ2n) is 6.54. The van der Waals surface area contributed by atoms with Crippen LogP contribution >= 0.6 is 0 Å². The summed E-state index contributed by atoms with van der Waals surface area (Å²) >= 11 is 0. The van der Waals surface area contributed by atoms with Crippen molar-refractivity contribution < 1.29 is 13.2 Å². The summed E-state index contributed by atoms with van der Waals surface area (Å²) in [5, 5.41) is 11.6. The number of nitrogens with zero attached hydrogens (tertiary/aromatic N) is 3. The fraction of sp³-hybridized carbons (Fsp3) is 0.444. The van der Waals surface area contributed by atoms with E-state index in [0.717, 1.165) is 43.6 Å². The molecule has 0 radical (unpaired) electrons. The largest absolute Gasteiger partial charge is 0.365 e. The monoisotopic (exact) mass is 350 g/mol. The van der Waals surface area contributed by atoms with Crippen molar-refractivity contribution in [1.82, 2.24) is 15.1 Å². The van der Waals surface area contributed by atoms with Crippen molar-refractivity contribution in [3.8, 4) is 11.3 Å². The summed E-state index contributed by atoms with van der Waals surface area (Å²) in [5.74, 6) is -0.0633. The number of hydrogen-bond acceptors (Lipinski definition) is 4. The van der Waals surface area contributed by atoms with Gasteiger partial charge in [0.25, 0.3) is 6.43 Å². The Morgan fingerprint density at radius 1 is 1.24 bits per heavy atom. The number of alkyl halides is 2. The van der Waals surface area contributed by atoms with Gasteiger partial charge < -0.3 is 10.2 Å². The molecule has 0 bridgehead atoms. The molecule has 0 saturated carbocycles. The third kappa shape index (κ3) is 4.10. The summed E-state index contributed by atoms with van der Waals surface area (Å²) in [6, 6.07) is 5.44. The molecular weight excluding hydrogens is 329 g/mol. The normalized spacial score (nSPS) is 18.6. The minimum absolute atomic E-state index is 0.213. The smallest absolute Gasteiger partial charge is 0.264 e. The van der Waals surface area contributed by atoms with Crippen LogP contribution in [0.3, 0.4) is 0 Å². The van der Waals surface area contributed by atoms with Crippen LogP contribution in [0.15, 0.2) is 24.3 Å². The van der Waals surface area contributed by atoms with Gasteiger partial charge >= 0.3 is 0 Å². The molecule has 3 rings (SSSR count). The Hall–Kier alpha value is -2.15. The highest BCUT2D eigenvalue weighted by atomic mass is 19.3. The molecule has 134 valence electrons. The molecule has 0 unspecified atom stereocenters. The molecule has 4 nitrogen and oxygen atoms in total. The van der Waals surface area contributed by atoms with Gasteiger partial charge in [0.15, 0.2) is 0 Å². The lowest BCUT2D eigenvalue weighted by molar-refractivity contribution is 0.151. The number of anilines is 1. The molecule has 1 fully saturated rings. The predicted molar refractivity (Wildman–Crippen MR) is 91.3 cm³/mol. The van der Waals surface area contributed by atoms with E-state index < -0.39 is 12.2 Å². The van der Waals surface area contributed by atoms with E-state index in [4.69, 9.17) is 0 Å². The topological polar surface area (TPSA) is 41.0 Å². The van der Waals surface area contributed by atoms with E-state index in [9.17, 15) is 13.2 Å². The molecule has 0 amide bonds. The van der Waals surface area contributed by atoms with Crippen molar-refractivity contribution in [2.45, 2.75) is 32.2 Å². The highest BCUT2D eigenvalue weighted by Gasteiger charge is 2.20. The van der Waals surface area contributed by atoms with Gasteiger partial charge in [-0.1, -0.05) is 0 Å². The molecule has 2 aromatic rings. The third-order valence-corrected chi connectivity index (χ3v) is 4.46. The van der Waals surface area contributed by atoms with Crippen LogP contribution in [-0.2, 0) is 0 Å². The van der Waals surface area contributed by atoms with Gasteiger partial charge in [-0.05, 0) is 63.2 Å². The average molecular weight is 350 g/mol. The van der Waals surface area contributed by atoms with Gasteiger partial charge in [0.2, 0.25) is 0 Å². The maximum Gasteiger partial charge on any atom is 0.264 e. The summed E-state index contributed by atoms with van der Waals surface area (Å²) in [6.07, 6.45) is -0.603. The SMILES string of the molecule is Cc1cc(N[C@@H]2CCCN(C)C2)nnc1-c1ccc(F)cc1C(F)F. The second kappa shape index (κ2) is 7.39. The van der Waals surface area contributed by atoms with Gasteiger partial charge in [-0.15, -0.1) is 10.2 Å². The molecule has 1 atom stereocenters. The maximum absolute atomic E-state index is 13.3. The van der Waals surface area contributed by atoms with Crippen molar-refractivity contribution >= 4 is 5.82 Å². The average Bonchev–Trinajstić information content (AvgIpc) is 2.55. The number of halogens is 3. The summed E-state index contributed by atoms with van der Waals surface area (Å²) < 4.78 is 39.7. The van der Waals surface area contributed by atoms with Gasteiger partial charge in [0.1, 0.15) is 11.6 Å². The Balaban J connectivity index is 1.85. The van der Waals surface area contributed by atoms with Gasteiger partial charge in [0, 0.05) is 23.7 Å². The molecule has 1 saturated heterocycles. The van der Waals surface area contributed by atoms with Gasteiger partial charge in [-0.25, -0.2) is 13.2 Å².